The van der Waals surface area contributed by atoms with Crippen molar-refractivity contribution in [1.29, 1.82) is 0 Å². The highest BCUT2D eigenvalue weighted by atomic mass is 16.4. The maximum Gasteiger partial charge on any atom is 0.335 e. The minimum atomic E-state index is -0.879. The highest BCUT2D eigenvalue weighted by Crippen LogP contribution is 2.11. The molecule has 0 saturated carbocycles. The fraction of sp³-hybridized carbons (Fsp3) is 0.273. The van der Waals surface area contributed by atoms with Gasteiger partial charge in [0.1, 0.15) is 0 Å². The van der Waals surface area contributed by atoms with Gasteiger partial charge in [0.2, 0.25) is 0 Å². The highest BCUT2D eigenvalue weighted by Gasteiger charge is 2.13. The molecule has 2 atom stereocenters. The molecule has 0 aliphatic carbocycles. The van der Waals surface area contributed by atoms with Gasteiger partial charge in [-0.05, 0) is 37.1 Å². The summed E-state index contributed by atoms with van der Waals surface area (Å²) in [6, 6.07) is 16.6. The van der Waals surface area contributed by atoms with Crippen molar-refractivity contribution in [3.63, 3.8) is 0 Å². The number of aromatic carboxylic acids is 2. The van der Waals surface area contributed by atoms with Crippen molar-refractivity contribution in [3.8, 4) is 0 Å². The predicted molar refractivity (Wildman–Crippen MR) is 108 cm³/mol. The van der Waals surface area contributed by atoms with E-state index in [4.69, 9.17) is 15.3 Å². The molecular weight excluding hydrogens is 360 g/mol. The number of hydrogen-bond acceptors (Lipinski definition) is 4. The molecule has 2 rings (SSSR count). The van der Waals surface area contributed by atoms with Crippen molar-refractivity contribution in [3.05, 3.63) is 84.4 Å². The third-order valence-electron chi connectivity index (χ3n) is 3.71. The van der Waals surface area contributed by atoms with Crippen LogP contribution in [0.3, 0.4) is 0 Å². The standard InChI is InChI=1S/C8H16O2.2C7H6O2/c1-3-5-7(6-9)8(10)4-2;2*8-7(9)6-4-2-1-3-5-6/h3,7-10H,1,4-6H2,2H3;2*1-5H,(H,8,9). The Kier molecular flexibility index (Phi) is 13.5. The Labute approximate surface area is 165 Å². The molecule has 2 aromatic carbocycles. The van der Waals surface area contributed by atoms with Gasteiger partial charge in [-0.15, -0.1) is 6.58 Å². The summed E-state index contributed by atoms with van der Waals surface area (Å²) in [4.78, 5) is 20.4. The van der Waals surface area contributed by atoms with Crippen molar-refractivity contribution < 1.29 is 30.0 Å². The minimum Gasteiger partial charge on any atom is -0.478 e. The maximum atomic E-state index is 10.2. The lowest BCUT2D eigenvalue weighted by Crippen LogP contribution is -2.22. The maximum absolute atomic E-state index is 10.2. The monoisotopic (exact) mass is 388 g/mol. The molecule has 0 bridgehead atoms. The predicted octanol–water partition coefficient (Wildman–Crippen LogP) is 3.71. The van der Waals surface area contributed by atoms with E-state index < -0.39 is 11.9 Å². The van der Waals surface area contributed by atoms with Gasteiger partial charge in [0, 0.05) is 12.5 Å². The van der Waals surface area contributed by atoms with Crippen LogP contribution in [0.2, 0.25) is 0 Å². The fourth-order valence-electron chi connectivity index (χ4n) is 2.06. The van der Waals surface area contributed by atoms with Crippen molar-refractivity contribution in [1.82, 2.24) is 0 Å². The molecule has 0 amide bonds. The van der Waals surface area contributed by atoms with Gasteiger partial charge in [0.05, 0.1) is 17.2 Å². The lowest BCUT2D eigenvalue weighted by Gasteiger charge is -2.17. The van der Waals surface area contributed by atoms with Crippen LogP contribution in [0.4, 0.5) is 0 Å². The third-order valence-corrected chi connectivity index (χ3v) is 3.71. The van der Waals surface area contributed by atoms with Gasteiger partial charge in [-0.2, -0.15) is 0 Å². The summed E-state index contributed by atoms with van der Waals surface area (Å²) in [6.45, 7) is 5.48. The number of rotatable bonds is 7. The van der Waals surface area contributed by atoms with Crippen molar-refractivity contribution in [2.75, 3.05) is 6.61 Å². The van der Waals surface area contributed by atoms with E-state index in [2.05, 4.69) is 6.58 Å². The lowest BCUT2D eigenvalue weighted by atomic mass is 9.98. The van der Waals surface area contributed by atoms with E-state index in [-0.39, 0.29) is 18.6 Å². The summed E-state index contributed by atoms with van der Waals surface area (Å²) >= 11 is 0. The second-order valence-electron chi connectivity index (χ2n) is 5.78. The van der Waals surface area contributed by atoms with Gasteiger partial charge in [-0.1, -0.05) is 49.4 Å². The van der Waals surface area contributed by atoms with Crippen molar-refractivity contribution >= 4 is 11.9 Å². The van der Waals surface area contributed by atoms with E-state index in [1.165, 1.54) is 0 Å². The second-order valence-corrected chi connectivity index (χ2v) is 5.78. The quantitative estimate of drug-likeness (QED) is 0.538. The largest absolute Gasteiger partial charge is 0.478 e. The Morgan fingerprint density at radius 1 is 0.929 bits per heavy atom. The topological polar surface area (TPSA) is 115 Å². The Morgan fingerprint density at radius 3 is 1.54 bits per heavy atom. The number of carboxylic acid groups (broad SMARTS) is 2. The third kappa shape index (κ3) is 10.9. The molecule has 0 fully saturated rings. The number of benzene rings is 2. The molecule has 6 nitrogen and oxygen atoms in total. The van der Waals surface area contributed by atoms with Crippen molar-refractivity contribution in [2.24, 2.45) is 5.92 Å². The molecule has 0 spiro atoms. The van der Waals surface area contributed by atoms with E-state index in [1.807, 2.05) is 6.92 Å². The first kappa shape index (κ1) is 25.0. The van der Waals surface area contributed by atoms with E-state index in [0.717, 1.165) is 0 Å². The molecule has 2 aromatic rings. The summed E-state index contributed by atoms with van der Waals surface area (Å²) in [6.07, 6.45) is 2.72. The fourth-order valence-corrected chi connectivity index (χ4v) is 2.06. The van der Waals surface area contributed by atoms with Gasteiger partial charge in [0.25, 0.3) is 0 Å². The van der Waals surface area contributed by atoms with Crippen molar-refractivity contribution in [2.45, 2.75) is 25.9 Å². The zero-order chi connectivity index (χ0) is 21.4. The molecule has 0 aliphatic rings. The molecule has 0 saturated heterocycles. The van der Waals surface area contributed by atoms with E-state index in [9.17, 15) is 14.7 Å². The van der Waals surface area contributed by atoms with Gasteiger partial charge < -0.3 is 20.4 Å². The molecule has 28 heavy (non-hydrogen) atoms. The SMILES string of the molecule is C=CCC(CO)C(O)CC.O=C(O)c1ccccc1.O=C(O)c1ccccc1. The van der Waals surface area contributed by atoms with Crippen LogP contribution >= 0.6 is 0 Å². The number of hydrogen-bond donors (Lipinski definition) is 4. The van der Waals surface area contributed by atoms with Crippen LogP contribution in [0.5, 0.6) is 0 Å². The zero-order valence-corrected chi connectivity index (χ0v) is 15.9. The molecule has 4 N–H and O–H groups in total. The summed E-state index contributed by atoms with van der Waals surface area (Å²) < 4.78 is 0. The lowest BCUT2D eigenvalue weighted by molar-refractivity contribution is 0.0659. The molecule has 0 aromatic heterocycles. The first-order valence-corrected chi connectivity index (χ1v) is 8.83. The Bertz CT molecular complexity index is 635. The molecule has 152 valence electrons. The molecule has 6 heteroatoms. The number of aliphatic hydroxyl groups excluding tert-OH is 2. The number of carboxylic acids is 2. The Balaban J connectivity index is 0.000000391. The number of allylic oxidation sites excluding steroid dienone is 1. The van der Waals surface area contributed by atoms with Crippen LogP contribution in [-0.2, 0) is 0 Å². The van der Waals surface area contributed by atoms with Gasteiger partial charge in [-0.25, -0.2) is 9.59 Å². The summed E-state index contributed by atoms with van der Waals surface area (Å²) in [5.41, 5.74) is 0.662. The van der Waals surface area contributed by atoms with E-state index in [1.54, 1.807) is 66.7 Å². The summed E-state index contributed by atoms with van der Waals surface area (Å²) in [5, 5.41) is 34.8. The minimum absolute atomic E-state index is 0.0255. The molecule has 2 unspecified atom stereocenters. The van der Waals surface area contributed by atoms with Gasteiger partial charge >= 0.3 is 11.9 Å². The highest BCUT2D eigenvalue weighted by molar-refractivity contribution is 5.87. The van der Waals surface area contributed by atoms with Crippen LogP contribution < -0.4 is 0 Å². The normalized spacial score (nSPS) is 11.5. The van der Waals surface area contributed by atoms with Crippen LogP contribution in [0, 0.1) is 5.92 Å². The van der Waals surface area contributed by atoms with E-state index >= 15 is 0 Å². The zero-order valence-electron chi connectivity index (χ0n) is 15.9. The van der Waals surface area contributed by atoms with Gasteiger partial charge in [-0.3, -0.25) is 0 Å². The van der Waals surface area contributed by atoms with Gasteiger partial charge in [0.15, 0.2) is 0 Å². The van der Waals surface area contributed by atoms with Crippen LogP contribution in [-0.4, -0.2) is 45.1 Å². The Hall–Kier alpha value is -2.96. The van der Waals surface area contributed by atoms with Crippen LogP contribution in [0.15, 0.2) is 73.3 Å². The number of aliphatic hydroxyl groups is 2. The van der Waals surface area contributed by atoms with E-state index in [0.29, 0.717) is 24.0 Å². The van der Waals surface area contributed by atoms with Crippen LogP contribution in [0.1, 0.15) is 40.5 Å². The average molecular weight is 388 g/mol. The first-order valence-electron chi connectivity index (χ1n) is 8.83. The molecule has 0 radical (unpaired) electrons. The first-order chi connectivity index (χ1) is 13.4. The smallest absolute Gasteiger partial charge is 0.335 e. The number of carbonyl (C=O) groups is 2. The summed E-state index contributed by atoms with van der Waals surface area (Å²) in [7, 11) is 0. The molecule has 0 aliphatic heterocycles. The molecule has 0 heterocycles. The summed E-state index contributed by atoms with van der Waals surface area (Å²) in [5.74, 6) is -1.78. The Morgan fingerprint density at radius 2 is 1.32 bits per heavy atom. The second kappa shape index (κ2) is 15.1. The van der Waals surface area contributed by atoms with Crippen LogP contribution in [0.25, 0.3) is 0 Å². The average Bonchev–Trinajstić information content (AvgIpc) is 2.73. The molecular formula is C22H28O6.